The summed E-state index contributed by atoms with van der Waals surface area (Å²) in [5, 5.41) is 4.90. The second-order valence-electron chi connectivity index (χ2n) is 7.62. The van der Waals surface area contributed by atoms with Crippen LogP contribution in [0.3, 0.4) is 0 Å². The Morgan fingerprint density at radius 3 is 2.66 bits per heavy atom. The van der Waals surface area contributed by atoms with E-state index in [1.54, 1.807) is 12.5 Å². The zero-order valence-electron chi connectivity index (χ0n) is 18.2. The van der Waals surface area contributed by atoms with E-state index in [4.69, 9.17) is 9.40 Å². The fraction of sp³-hybridized carbons (Fsp3) is 0.148. The smallest absolute Gasteiger partial charge is 0.272 e. The predicted molar refractivity (Wildman–Crippen MR) is 129 cm³/mol. The molecule has 2 heterocycles. The van der Waals surface area contributed by atoms with Crippen molar-refractivity contribution in [1.29, 1.82) is 0 Å². The normalized spacial score (nSPS) is 11.9. The molecule has 0 radical (unpaired) electrons. The molecule has 0 bridgehead atoms. The minimum atomic E-state index is -0.283. The minimum Gasteiger partial charge on any atom is -0.465 e. The highest BCUT2D eigenvalue weighted by atomic mass is 16.3. The molecule has 32 heavy (non-hydrogen) atoms. The molecule has 5 heteroatoms. The van der Waals surface area contributed by atoms with Crippen LogP contribution in [0.25, 0.3) is 28.2 Å². The fourth-order valence-corrected chi connectivity index (χ4v) is 3.53. The van der Waals surface area contributed by atoms with Gasteiger partial charge in [0.25, 0.3) is 5.91 Å². The van der Waals surface area contributed by atoms with E-state index in [2.05, 4.69) is 41.7 Å². The van der Waals surface area contributed by atoms with Crippen molar-refractivity contribution >= 4 is 29.1 Å². The van der Waals surface area contributed by atoms with Crippen molar-refractivity contribution in [2.75, 3.05) is 0 Å². The number of hydrogen-bond acceptors (Lipinski definition) is 4. The molecule has 0 saturated carbocycles. The molecule has 0 spiro atoms. The summed E-state index contributed by atoms with van der Waals surface area (Å²) in [5.41, 5.74) is 7.83. The molecule has 0 fully saturated rings. The molecule has 5 nitrogen and oxygen atoms in total. The third-order valence-corrected chi connectivity index (χ3v) is 5.10. The van der Waals surface area contributed by atoms with Crippen molar-refractivity contribution in [1.82, 2.24) is 10.4 Å². The van der Waals surface area contributed by atoms with Crippen molar-refractivity contribution in [3.05, 3.63) is 95.5 Å². The number of furan rings is 1. The Morgan fingerprint density at radius 2 is 1.91 bits per heavy atom. The number of hydrazone groups is 1. The van der Waals surface area contributed by atoms with Gasteiger partial charge in [0.15, 0.2) is 0 Å². The summed E-state index contributed by atoms with van der Waals surface area (Å²) in [4.78, 5) is 17.8. The number of rotatable bonds is 7. The number of allylic oxidation sites excluding steroid dienone is 1. The van der Waals surface area contributed by atoms with Crippen LogP contribution in [0.4, 0.5) is 0 Å². The molecule has 4 rings (SSSR count). The second kappa shape index (κ2) is 9.88. The van der Waals surface area contributed by atoms with Gasteiger partial charge in [0.1, 0.15) is 5.76 Å². The van der Waals surface area contributed by atoms with Crippen LogP contribution in [-0.4, -0.2) is 17.1 Å². The van der Waals surface area contributed by atoms with Gasteiger partial charge in [0.05, 0.1) is 29.3 Å². The van der Waals surface area contributed by atoms with Gasteiger partial charge in [-0.1, -0.05) is 55.8 Å². The molecule has 2 aromatic heterocycles. The third-order valence-electron chi connectivity index (χ3n) is 5.10. The number of carbonyl (C=O) groups excluding carboxylic acids is 1. The van der Waals surface area contributed by atoms with Gasteiger partial charge >= 0.3 is 0 Å². The Bertz CT molecular complexity index is 1270. The molecule has 0 aliphatic rings. The van der Waals surface area contributed by atoms with Crippen LogP contribution >= 0.6 is 0 Å². The lowest BCUT2D eigenvalue weighted by Gasteiger charge is -2.09. The largest absolute Gasteiger partial charge is 0.465 e. The van der Waals surface area contributed by atoms with Gasteiger partial charge in [-0.25, -0.2) is 10.4 Å². The number of benzene rings is 2. The summed E-state index contributed by atoms with van der Waals surface area (Å²) in [6, 6.07) is 21.5. The lowest BCUT2D eigenvalue weighted by atomic mass is 10.0. The van der Waals surface area contributed by atoms with Gasteiger partial charge in [0.2, 0.25) is 0 Å². The first-order chi connectivity index (χ1) is 15.6. The maximum absolute atomic E-state index is 13.0. The highest BCUT2D eigenvalue weighted by molar-refractivity contribution is 6.07. The highest BCUT2D eigenvalue weighted by Gasteiger charge is 2.13. The average molecular weight is 424 g/mol. The topological polar surface area (TPSA) is 67.5 Å². The molecular formula is C27H25N3O2. The molecule has 0 unspecified atom stereocenters. The van der Waals surface area contributed by atoms with Crippen LogP contribution in [0.1, 0.15) is 41.9 Å². The molecule has 4 aromatic rings. The first kappa shape index (κ1) is 21.2. The van der Waals surface area contributed by atoms with Gasteiger partial charge < -0.3 is 4.42 Å². The number of aromatic nitrogens is 1. The maximum Gasteiger partial charge on any atom is 0.272 e. The van der Waals surface area contributed by atoms with E-state index >= 15 is 0 Å². The third kappa shape index (κ3) is 5.01. The summed E-state index contributed by atoms with van der Waals surface area (Å²) >= 11 is 0. The van der Waals surface area contributed by atoms with E-state index in [-0.39, 0.29) is 5.91 Å². The standard InChI is InChI=1S/C27H25N3O2/c1-3-7-20-11-13-21(14-12-20)26-17-24(23-9-4-5-10-25(23)29-26)27(31)30-28-18-19(2)16-22-8-6-15-32-22/h4-6,8-18H,3,7H2,1-2H3,(H,30,31)/b19-16+,28-18?. The maximum atomic E-state index is 13.0. The van der Waals surface area contributed by atoms with Crippen molar-refractivity contribution in [3.8, 4) is 11.3 Å². The van der Waals surface area contributed by atoms with Gasteiger partial charge in [-0.3, -0.25) is 4.79 Å². The predicted octanol–water partition coefficient (Wildman–Crippen LogP) is 6.27. The van der Waals surface area contributed by atoms with Crippen molar-refractivity contribution in [2.24, 2.45) is 5.10 Å². The van der Waals surface area contributed by atoms with E-state index in [0.717, 1.165) is 46.3 Å². The molecule has 2 aromatic carbocycles. The molecular weight excluding hydrogens is 398 g/mol. The Labute approximate surface area is 187 Å². The van der Waals surface area contributed by atoms with E-state index in [0.29, 0.717) is 5.56 Å². The Morgan fingerprint density at radius 1 is 1.09 bits per heavy atom. The number of hydrogen-bond donors (Lipinski definition) is 1. The van der Waals surface area contributed by atoms with Gasteiger partial charge in [-0.2, -0.15) is 5.10 Å². The Kier molecular flexibility index (Phi) is 6.56. The van der Waals surface area contributed by atoms with Crippen LogP contribution in [0, 0.1) is 0 Å². The van der Waals surface area contributed by atoms with Crippen LogP contribution < -0.4 is 5.43 Å². The number of aryl methyl sites for hydroxylation is 1. The first-order valence-corrected chi connectivity index (χ1v) is 10.7. The minimum absolute atomic E-state index is 0.283. The Balaban J connectivity index is 1.61. The zero-order chi connectivity index (χ0) is 22.3. The van der Waals surface area contributed by atoms with Crippen molar-refractivity contribution in [3.63, 3.8) is 0 Å². The van der Waals surface area contributed by atoms with Crippen LogP contribution in [0.2, 0.25) is 0 Å². The molecule has 0 aliphatic heterocycles. The summed E-state index contributed by atoms with van der Waals surface area (Å²) in [6.07, 6.45) is 7.20. The van der Waals surface area contributed by atoms with Crippen molar-refractivity contribution in [2.45, 2.75) is 26.7 Å². The van der Waals surface area contributed by atoms with Crippen molar-refractivity contribution < 1.29 is 9.21 Å². The van der Waals surface area contributed by atoms with Gasteiger partial charge in [-0.15, -0.1) is 0 Å². The lowest BCUT2D eigenvalue weighted by Crippen LogP contribution is -2.18. The van der Waals surface area contributed by atoms with Gasteiger partial charge in [0, 0.05) is 10.9 Å². The molecule has 1 N–H and O–H groups in total. The summed E-state index contributed by atoms with van der Waals surface area (Å²) in [6.45, 7) is 4.06. The number of pyridine rings is 1. The number of para-hydroxylation sites is 1. The molecule has 0 aliphatic carbocycles. The summed E-state index contributed by atoms with van der Waals surface area (Å²) < 4.78 is 5.29. The molecule has 0 saturated heterocycles. The molecule has 0 atom stereocenters. The molecule has 1 amide bonds. The highest BCUT2D eigenvalue weighted by Crippen LogP contribution is 2.25. The summed E-state index contributed by atoms with van der Waals surface area (Å²) in [5.74, 6) is 0.449. The summed E-state index contributed by atoms with van der Waals surface area (Å²) in [7, 11) is 0. The number of fused-ring (bicyclic) bond motifs is 1. The lowest BCUT2D eigenvalue weighted by molar-refractivity contribution is 0.0956. The van der Waals surface area contributed by atoms with E-state index in [1.165, 1.54) is 5.56 Å². The second-order valence-corrected chi connectivity index (χ2v) is 7.62. The Hall–Kier alpha value is -3.99. The van der Waals surface area contributed by atoms with Crippen LogP contribution in [-0.2, 0) is 6.42 Å². The number of amides is 1. The quantitative estimate of drug-likeness (QED) is 0.281. The SMILES string of the molecule is CCCc1ccc(-c2cc(C(=O)NN=C/C(C)=C/c3ccco3)c3ccccc3n2)cc1. The first-order valence-electron chi connectivity index (χ1n) is 10.7. The number of carbonyl (C=O) groups is 1. The van der Waals surface area contributed by atoms with E-state index in [9.17, 15) is 4.79 Å². The number of nitrogens with zero attached hydrogens (tertiary/aromatic N) is 2. The number of nitrogens with one attached hydrogen (secondary N) is 1. The monoisotopic (exact) mass is 423 g/mol. The molecule has 160 valence electrons. The van der Waals surface area contributed by atoms with Gasteiger partial charge in [-0.05, 0) is 54.8 Å². The zero-order valence-corrected chi connectivity index (χ0v) is 18.2. The van der Waals surface area contributed by atoms with E-state index in [1.807, 2.05) is 55.5 Å². The van der Waals surface area contributed by atoms with Crippen LogP contribution in [0.15, 0.2) is 88.1 Å². The fourth-order valence-electron chi connectivity index (χ4n) is 3.53. The van der Waals surface area contributed by atoms with Crippen LogP contribution in [0.5, 0.6) is 0 Å². The van der Waals surface area contributed by atoms with E-state index < -0.39 is 0 Å². The average Bonchev–Trinajstić information content (AvgIpc) is 3.32.